The minimum Gasteiger partial charge on any atom is -0.324 e. The molecule has 1 aliphatic rings. The number of aromatic nitrogens is 3. The fourth-order valence-corrected chi connectivity index (χ4v) is 5.31. The molecule has 2 heterocycles. The topological polar surface area (TPSA) is 83.4 Å². The molecule has 0 aliphatic carbocycles. The number of hydrogen-bond donors (Lipinski definition) is 1. The van der Waals surface area contributed by atoms with Crippen LogP contribution in [-0.2, 0) is 16.1 Å². The Morgan fingerprint density at radius 3 is 2.57 bits per heavy atom. The molecule has 0 unspecified atom stereocenters. The molecule has 4 rings (SSSR count). The molecule has 35 heavy (non-hydrogen) atoms. The number of benzene rings is 2. The number of hydrogen-bond acceptors (Lipinski definition) is 6. The summed E-state index contributed by atoms with van der Waals surface area (Å²) in [5, 5.41) is 12.6. The van der Waals surface area contributed by atoms with E-state index in [2.05, 4.69) is 44.0 Å². The SMILES string of the molecule is CC[C@H](c1nnc(SCC(=O)N2c3ccccc3NC(=O)C[C@H]2C)n1Cc1ccccc1)N(C)C. The van der Waals surface area contributed by atoms with E-state index < -0.39 is 0 Å². The van der Waals surface area contributed by atoms with Gasteiger partial charge in [0.25, 0.3) is 0 Å². The Kier molecular flexibility index (Phi) is 7.87. The third kappa shape index (κ3) is 5.57. The zero-order valence-electron chi connectivity index (χ0n) is 20.6. The molecule has 2 amide bonds. The summed E-state index contributed by atoms with van der Waals surface area (Å²) >= 11 is 1.39. The van der Waals surface area contributed by atoms with Crippen LogP contribution in [0.5, 0.6) is 0 Å². The molecule has 0 radical (unpaired) electrons. The lowest BCUT2D eigenvalue weighted by atomic mass is 10.2. The summed E-state index contributed by atoms with van der Waals surface area (Å²) in [6.07, 6.45) is 1.15. The van der Waals surface area contributed by atoms with Gasteiger partial charge in [0, 0.05) is 12.5 Å². The van der Waals surface area contributed by atoms with E-state index in [0.717, 1.165) is 23.5 Å². The highest BCUT2D eigenvalue weighted by Gasteiger charge is 2.30. The van der Waals surface area contributed by atoms with Crippen LogP contribution in [0.25, 0.3) is 0 Å². The van der Waals surface area contributed by atoms with Crippen molar-refractivity contribution in [3.8, 4) is 0 Å². The average Bonchev–Trinajstić information content (AvgIpc) is 3.15. The summed E-state index contributed by atoms with van der Waals surface area (Å²) in [6.45, 7) is 4.67. The van der Waals surface area contributed by atoms with E-state index in [1.54, 1.807) is 4.90 Å². The quantitative estimate of drug-likeness (QED) is 0.475. The molecule has 1 aliphatic heterocycles. The zero-order chi connectivity index (χ0) is 24.9. The number of fused-ring (bicyclic) bond motifs is 1. The van der Waals surface area contributed by atoms with E-state index in [-0.39, 0.29) is 36.1 Å². The Hall–Kier alpha value is -3.17. The summed E-state index contributed by atoms with van der Waals surface area (Å²) in [5.41, 5.74) is 2.53. The molecule has 2 aromatic carbocycles. The second-order valence-electron chi connectivity index (χ2n) is 8.97. The summed E-state index contributed by atoms with van der Waals surface area (Å²) in [7, 11) is 4.08. The maximum atomic E-state index is 13.5. The first-order valence-corrected chi connectivity index (χ1v) is 12.8. The smallest absolute Gasteiger partial charge is 0.237 e. The highest BCUT2D eigenvalue weighted by Crippen LogP contribution is 2.33. The Bertz CT molecular complexity index is 1180. The van der Waals surface area contributed by atoms with E-state index >= 15 is 0 Å². The molecular formula is C26H32N6O2S. The molecule has 8 nitrogen and oxygen atoms in total. The number of nitrogens with zero attached hydrogens (tertiary/aromatic N) is 5. The first kappa shape index (κ1) is 24.9. The molecule has 184 valence electrons. The van der Waals surface area contributed by atoms with E-state index in [1.165, 1.54) is 11.8 Å². The molecule has 9 heteroatoms. The highest BCUT2D eigenvalue weighted by atomic mass is 32.2. The fraction of sp³-hybridized carbons (Fsp3) is 0.385. The van der Waals surface area contributed by atoms with Crippen LogP contribution in [0.2, 0.25) is 0 Å². The van der Waals surface area contributed by atoms with Crippen molar-refractivity contribution in [1.29, 1.82) is 0 Å². The Morgan fingerprint density at radius 1 is 1.14 bits per heavy atom. The van der Waals surface area contributed by atoms with Crippen molar-refractivity contribution in [2.75, 3.05) is 30.1 Å². The monoisotopic (exact) mass is 492 g/mol. The van der Waals surface area contributed by atoms with Crippen molar-refractivity contribution < 1.29 is 9.59 Å². The van der Waals surface area contributed by atoms with E-state index in [9.17, 15) is 9.59 Å². The number of anilines is 2. The van der Waals surface area contributed by atoms with E-state index in [0.29, 0.717) is 17.4 Å². The number of nitrogens with one attached hydrogen (secondary N) is 1. The minimum absolute atomic E-state index is 0.0677. The summed E-state index contributed by atoms with van der Waals surface area (Å²) in [4.78, 5) is 29.6. The molecule has 0 fully saturated rings. The van der Waals surface area contributed by atoms with E-state index in [4.69, 9.17) is 0 Å². The second kappa shape index (κ2) is 11.0. The van der Waals surface area contributed by atoms with Gasteiger partial charge in [-0.2, -0.15) is 0 Å². The lowest BCUT2D eigenvalue weighted by Crippen LogP contribution is -2.40. The lowest BCUT2D eigenvalue weighted by molar-refractivity contribution is -0.117. The van der Waals surface area contributed by atoms with Gasteiger partial charge in [-0.25, -0.2) is 0 Å². The predicted octanol–water partition coefficient (Wildman–Crippen LogP) is 4.20. The molecule has 0 spiro atoms. The molecule has 1 aromatic heterocycles. The fourth-order valence-electron chi connectivity index (χ4n) is 4.51. The zero-order valence-corrected chi connectivity index (χ0v) is 21.5. The van der Waals surface area contributed by atoms with Crippen LogP contribution in [0.4, 0.5) is 11.4 Å². The van der Waals surface area contributed by atoms with Gasteiger partial charge < -0.3 is 14.8 Å². The van der Waals surface area contributed by atoms with Gasteiger partial charge >= 0.3 is 0 Å². The lowest BCUT2D eigenvalue weighted by Gasteiger charge is -2.27. The Morgan fingerprint density at radius 2 is 1.86 bits per heavy atom. The molecule has 0 saturated heterocycles. The van der Waals surface area contributed by atoms with Crippen LogP contribution in [0.1, 0.15) is 44.1 Å². The molecule has 2 atom stereocenters. The number of amides is 2. The number of thioether (sulfide) groups is 1. The number of para-hydroxylation sites is 2. The maximum Gasteiger partial charge on any atom is 0.237 e. The summed E-state index contributed by atoms with van der Waals surface area (Å²) in [6, 6.07) is 17.5. The number of carbonyl (C=O) groups is 2. The Labute approximate surface area is 210 Å². The summed E-state index contributed by atoms with van der Waals surface area (Å²) < 4.78 is 2.12. The van der Waals surface area contributed by atoms with Crippen LogP contribution in [-0.4, -0.2) is 57.4 Å². The largest absolute Gasteiger partial charge is 0.324 e. The van der Waals surface area contributed by atoms with Crippen LogP contribution in [0.3, 0.4) is 0 Å². The molecule has 0 saturated carbocycles. The third-order valence-electron chi connectivity index (χ3n) is 6.19. The van der Waals surface area contributed by atoms with Crippen molar-refractivity contribution in [3.05, 3.63) is 66.0 Å². The van der Waals surface area contributed by atoms with Gasteiger partial charge in [0.2, 0.25) is 11.8 Å². The van der Waals surface area contributed by atoms with Crippen LogP contribution < -0.4 is 10.2 Å². The van der Waals surface area contributed by atoms with Crippen LogP contribution in [0, 0.1) is 0 Å². The molecule has 1 N–H and O–H groups in total. The molecule has 3 aromatic rings. The van der Waals surface area contributed by atoms with Crippen molar-refractivity contribution in [1.82, 2.24) is 19.7 Å². The van der Waals surface area contributed by atoms with Gasteiger partial charge in [0.05, 0.1) is 29.7 Å². The number of carbonyl (C=O) groups excluding carboxylic acids is 2. The average molecular weight is 493 g/mol. The summed E-state index contributed by atoms with van der Waals surface area (Å²) in [5.74, 6) is 0.925. The van der Waals surface area contributed by atoms with E-state index in [1.807, 2.05) is 63.5 Å². The van der Waals surface area contributed by atoms with Gasteiger partial charge in [0.1, 0.15) is 0 Å². The van der Waals surface area contributed by atoms with Gasteiger partial charge in [-0.05, 0) is 45.1 Å². The van der Waals surface area contributed by atoms with Gasteiger partial charge in [-0.3, -0.25) is 14.5 Å². The second-order valence-corrected chi connectivity index (χ2v) is 9.91. The van der Waals surface area contributed by atoms with Crippen molar-refractivity contribution in [3.63, 3.8) is 0 Å². The standard InChI is InChI=1S/C26H32N6O2S/c1-5-21(30(3)4)25-28-29-26(31(25)16-19-11-7-6-8-12-19)35-17-24(34)32-18(2)15-23(33)27-20-13-9-10-14-22(20)32/h6-14,18,21H,5,15-17H2,1-4H3,(H,27,33)/t18-,21-/m1/s1. The van der Waals surface area contributed by atoms with Gasteiger partial charge in [0.15, 0.2) is 11.0 Å². The predicted molar refractivity (Wildman–Crippen MR) is 140 cm³/mol. The highest BCUT2D eigenvalue weighted by molar-refractivity contribution is 7.99. The van der Waals surface area contributed by atoms with Crippen molar-refractivity contribution >= 4 is 35.0 Å². The van der Waals surface area contributed by atoms with Crippen molar-refractivity contribution in [2.24, 2.45) is 0 Å². The first-order valence-electron chi connectivity index (χ1n) is 11.9. The number of rotatable bonds is 8. The molecule has 0 bridgehead atoms. The first-order chi connectivity index (χ1) is 16.9. The third-order valence-corrected chi connectivity index (χ3v) is 7.14. The van der Waals surface area contributed by atoms with Crippen LogP contribution in [0.15, 0.2) is 59.8 Å². The van der Waals surface area contributed by atoms with Gasteiger partial charge in [-0.1, -0.05) is 61.2 Å². The molecular weight excluding hydrogens is 460 g/mol. The maximum absolute atomic E-state index is 13.5. The normalized spacial score (nSPS) is 16.5. The van der Waals surface area contributed by atoms with Gasteiger partial charge in [-0.15, -0.1) is 10.2 Å². The van der Waals surface area contributed by atoms with Crippen molar-refractivity contribution in [2.45, 2.75) is 50.5 Å². The van der Waals surface area contributed by atoms with Crippen LogP contribution >= 0.6 is 11.8 Å². The Balaban J connectivity index is 1.60. The minimum atomic E-state index is -0.247.